The van der Waals surface area contributed by atoms with E-state index in [2.05, 4.69) is 49.7 Å². The van der Waals surface area contributed by atoms with E-state index in [1.807, 2.05) is 26.0 Å². The maximum atomic E-state index is 12.8. The molecular weight excluding hydrogens is 390 g/mol. The molecule has 0 aliphatic carbocycles. The lowest BCUT2D eigenvalue weighted by Crippen LogP contribution is -2.44. The van der Waals surface area contributed by atoms with Crippen molar-refractivity contribution in [2.45, 2.75) is 47.1 Å². The summed E-state index contributed by atoms with van der Waals surface area (Å²) in [6, 6.07) is 4.14. The molecule has 3 rings (SSSR count). The van der Waals surface area contributed by atoms with Gasteiger partial charge in [-0.2, -0.15) is 0 Å². The maximum absolute atomic E-state index is 12.8. The van der Waals surface area contributed by atoms with Crippen LogP contribution < -0.4 is 4.90 Å². The van der Waals surface area contributed by atoms with Gasteiger partial charge < -0.3 is 4.90 Å². The van der Waals surface area contributed by atoms with Crippen LogP contribution in [0.2, 0.25) is 5.02 Å². The van der Waals surface area contributed by atoms with Gasteiger partial charge in [-0.3, -0.25) is 14.7 Å². The summed E-state index contributed by atoms with van der Waals surface area (Å²) >= 11 is 8.09. The molecule has 1 fully saturated rings. The van der Waals surface area contributed by atoms with Crippen molar-refractivity contribution in [1.82, 2.24) is 4.90 Å². The molecular formula is C22H28ClN3OS. The normalized spacial score (nSPS) is 21.5. The molecule has 28 heavy (non-hydrogen) atoms. The molecule has 0 atom stereocenters. The second-order valence-corrected chi connectivity index (χ2v) is 8.95. The number of rotatable bonds is 4. The number of fused-ring (bicyclic) bond motifs is 1. The number of halogens is 1. The number of likely N-dealkylation sites (N-methyl/N-ethyl adjacent to an activating group) is 2. The summed E-state index contributed by atoms with van der Waals surface area (Å²) < 4.78 is 0. The first kappa shape index (κ1) is 21.0. The average molecular weight is 418 g/mol. The Bertz CT molecular complexity index is 901. The average Bonchev–Trinajstić information content (AvgIpc) is 2.91. The van der Waals surface area contributed by atoms with E-state index in [4.69, 9.17) is 11.6 Å². The minimum atomic E-state index is -0.0560. The third-order valence-corrected chi connectivity index (χ3v) is 6.57. The minimum absolute atomic E-state index is 0.00271. The fourth-order valence-corrected chi connectivity index (χ4v) is 5.29. The molecule has 0 N–H and O–H groups in total. The topological polar surface area (TPSA) is 35.9 Å². The van der Waals surface area contributed by atoms with E-state index in [9.17, 15) is 4.79 Å². The zero-order chi connectivity index (χ0) is 20.6. The maximum Gasteiger partial charge on any atom is 0.266 e. The number of amides is 1. The molecule has 0 aromatic heterocycles. The SMILES string of the molecule is CCN=C1S/C(=C/c2cc3c(cc2Cl)N(CC)C(C)(C)C=C3C)C(=O)N1CC. The summed E-state index contributed by atoms with van der Waals surface area (Å²) in [5, 5.41) is 1.43. The van der Waals surface area contributed by atoms with Gasteiger partial charge in [0.25, 0.3) is 5.91 Å². The zero-order valence-corrected chi connectivity index (χ0v) is 19.0. The highest BCUT2D eigenvalue weighted by atomic mass is 35.5. The molecule has 0 unspecified atom stereocenters. The van der Waals surface area contributed by atoms with Crippen molar-refractivity contribution in [3.05, 3.63) is 39.3 Å². The van der Waals surface area contributed by atoms with E-state index >= 15 is 0 Å². The summed E-state index contributed by atoms with van der Waals surface area (Å²) in [6.45, 7) is 14.8. The molecule has 1 saturated heterocycles. The molecule has 1 amide bonds. The molecule has 2 aliphatic heterocycles. The third kappa shape index (κ3) is 3.62. The van der Waals surface area contributed by atoms with Gasteiger partial charge in [-0.1, -0.05) is 17.7 Å². The molecule has 6 heteroatoms. The molecule has 1 aromatic rings. The highest BCUT2D eigenvalue weighted by molar-refractivity contribution is 8.18. The standard InChI is InChI=1S/C22H28ClN3OS/c1-7-24-21-25(8-2)20(27)19(28-21)11-15-10-16-14(4)13-22(5,6)26(9-3)18(16)12-17(15)23/h10-13H,7-9H2,1-6H3/b19-11+,24-21?. The van der Waals surface area contributed by atoms with Gasteiger partial charge >= 0.3 is 0 Å². The van der Waals surface area contributed by atoms with Crippen LogP contribution >= 0.6 is 23.4 Å². The van der Waals surface area contributed by atoms with Gasteiger partial charge in [0, 0.05) is 35.9 Å². The third-order valence-electron chi connectivity index (χ3n) is 5.20. The Morgan fingerprint density at radius 2 is 1.93 bits per heavy atom. The first-order chi connectivity index (χ1) is 13.2. The molecule has 4 nitrogen and oxygen atoms in total. The van der Waals surface area contributed by atoms with Gasteiger partial charge in [-0.05, 0) is 82.6 Å². The van der Waals surface area contributed by atoms with Crippen molar-refractivity contribution in [2.75, 3.05) is 24.5 Å². The summed E-state index contributed by atoms with van der Waals surface area (Å²) in [4.78, 5) is 22.0. The van der Waals surface area contributed by atoms with Crippen molar-refractivity contribution >= 4 is 51.8 Å². The summed E-state index contributed by atoms with van der Waals surface area (Å²) in [7, 11) is 0. The fourth-order valence-electron chi connectivity index (χ4n) is 3.98. The Hall–Kier alpha value is -1.72. The number of hydrogen-bond acceptors (Lipinski definition) is 4. The van der Waals surface area contributed by atoms with E-state index < -0.39 is 0 Å². The van der Waals surface area contributed by atoms with Crippen LogP contribution in [-0.2, 0) is 4.79 Å². The van der Waals surface area contributed by atoms with E-state index in [0.717, 1.165) is 23.0 Å². The predicted molar refractivity (Wildman–Crippen MR) is 123 cm³/mol. The van der Waals surface area contributed by atoms with Gasteiger partial charge in [-0.25, -0.2) is 0 Å². The van der Waals surface area contributed by atoms with E-state index in [0.29, 0.717) is 23.0 Å². The highest BCUT2D eigenvalue weighted by Crippen LogP contribution is 2.42. The second-order valence-electron chi connectivity index (χ2n) is 7.53. The first-order valence-electron chi connectivity index (χ1n) is 9.80. The molecule has 150 valence electrons. The number of anilines is 1. The Morgan fingerprint density at radius 3 is 2.54 bits per heavy atom. The van der Waals surface area contributed by atoms with Crippen LogP contribution in [0.15, 0.2) is 28.1 Å². The smallest absolute Gasteiger partial charge is 0.266 e. The van der Waals surface area contributed by atoms with Crippen LogP contribution in [0.4, 0.5) is 5.69 Å². The van der Waals surface area contributed by atoms with Gasteiger partial charge in [0.15, 0.2) is 5.17 Å². The summed E-state index contributed by atoms with van der Waals surface area (Å²) in [6.07, 6.45) is 4.20. The van der Waals surface area contributed by atoms with Gasteiger partial charge in [-0.15, -0.1) is 0 Å². The van der Waals surface area contributed by atoms with Crippen LogP contribution in [0.5, 0.6) is 0 Å². The fraction of sp³-hybridized carbons (Fsp3) is 0.455. The number of aliphatic imine (C=N–C) groups is 1. The Kier molecular flexibility index (Phi) is 5.97. The minimum Gasteiger partial charge on any atom is -0.363 e. The monoisotopic (exact) mass is 417 g/mol. The molecule has 0 radical (unpaired) electrons. The molecule has 2 heterocycles. The van der Waals surface area contributed by atoms with Gasteiger partial charge in [0.2, 0.25) is 0 Å². The van der Waals surface area contributed by atoms with Crippen LogP contribution in [0, 0.1) is 0 Å². The Morgan fingerprint density at radius 1 is 1.21 bits per heavy atom. The summed E-state index contributed by atoms with van der Waals surface area (Å²) in [5.41, 5.74) is 4.36. The lowest BCUT2D eigenvalue weighted by atomic mass is 9.88. The number of carbonyl (C=O) groups is 1. The van der Waals surface area contributed by atoms with Crippen LogP contribution in [-0.4, -0.2) is 41.1 Å². The zero-order valence-electron chi connectivity index (χ0n) is 17.5. The van der Waals surface area contributed by atoms with Crippen molar-refractivity contribution in [1.29, 1.82) is 0 Å². The Labute approximate surface area is 177 Å². The molecule has 0 saturated carbocycles. The van der Waals surface area contributed by atoms with E-state index in [-0.39, 0.29) is 11.4 Å². The summed E-state index contributed by atoms with van der Waals surface area (Å²) in [5.74, 6) is -0.00271. The van der Waals surface area contributed by atoms with Crippen LogP contribution in [0.25, 0.3) is 11.6 Å². The molecule has 2 aliphatic rings. The van der Waals surface area contributed by atoms with Gasteiger partial charge in [0.05, 0.1) is 10.4 Å². The van der Waals surface area contributed by atoms with Crippen molar-refractivity contribution in [3.8, 4) is 0 Å². The number of allylic oxidation sites excluding steroid dienone is 1. The van der Waals surface area contributed by atoms with E-state index in [1.54, 1.807) is 4.90 Å². The quantitative estimate of drug-likeness (QED) is 0.591. The molecule has 0 spiro atoms. The predicted octanol–water partition coefficient (Wildman–Crippen LogP) is 5.67. The second kappa shape index (κ2) is 7.96. The Balaban J connectivity index is 2.07. The number of hydrogen-bond donors (Lipinski definition) is 0. The van der Waals surface area contributed by atoms with Crippen molar-refractivity contribution in [3.63, 3.8) is 0 Å². The van der Waals surface area contributed by atoms with Crippen LogP contribution in [0.3, 0.4) is 0 Å². The number of nitrogens with zero attached hydrogens (tertiary/aromatic N) is 3. The van der Waals surface area contributed by atoms with E-state index in [1.165, 1.54) is 22.9 Å². The highest BCUT2D eigenvalue weighted by Gasteiger charge is 2.33. The molecule has 1 aromatic carbocycles. The number of carbonyl (C=O) groups excluding carboxylic acids is 1. The number of benzene rings is 1. The van der Waals surface area contributed by atoms with Gasteiger partial charge in [0.1, 0.15) is 0 Å². The lowest BCUT2D eigenvalue weighted by molar-refractivity contribution is -0.122. The first-order valence-corrected chi connectivity index (χ1v) is 11.0. The van der Waals surface area contributed by atoms with Crippen LogP contribution in [0.1, 0.15) is 52.7 Å². The van der Waals surface area contributed by atoms with Crippen molar-refractivity contribution < 1.29 is 4.79 Å². The number of amidine groups is 1. The lowest BCUT2D eigenvalue weighted by Gasteiger charge is -2.43. The largest absolute Gasteiger partial charge is 0.363 e. The van der Waals surface area contributed by atoms with Crippen molar-refractivity contribution in [2.24, 2.45) is 4.99 Å². The molecule has 0 bridgehead atoms. The number of thioether (sulfide) groups is 1.